The minimum absolute atomic E-state index is 0.133. The number of carbonyl (C=O) groups is 2. The summed E-state index contributed by atoms with van der Waals surface area (Å²) in [6.45, 7) is 3.42. The van der Waals surface area contributed by atoms with Crippen molar-refractivity contribution in [1.29, 1.82) is 0 Å². The van der Waals surface area contributed by atoms with Crippen LogP contribution < -0.4 is 10.9 Å². The number of benzene rings is 1. The summed E-state index contributed by atoms with van der Waals surface area (Å²) < 4.78 is 19.0. The first-order chi connectivity index (χ1) is 11.0. The third kappa shape index (κ3) is 3.11. The highest BCUT2D eigenvalue weighted by Gasteiger charge is 2.45. The Morgan fingerprint density at radius 2 is 1.96 bits per heavy atom. The summed E-state index contributed by atoms with van der Waals surface area (Å²) >= 11 is 0. The summed E-state index contributed by atoms with van der Waals surface area (Å²) in [5.41, 5.74) is 5.69. The van der Waals surface area contributed by atoms with Crippen LogP contribution in [-0.2, 0) is 4.79 Å². The molecule has 2 N–H and O–H groups in total. The van der Waals surface area contributed by atoms with E-state index in [1.165, 1.54) is 6.07 Å². The van der Waals surface area contributed by atoms with Crippen LogP contribution in [-0.4, -0.2) is 11.8 Å². The number of amides is 2. The molecular weight excluding hydrogens is 299 g/mol. The molecule has 1 saturated carbocycles. The molecule has 1 aromatic carbocycles. The number of nitrogens with one attached hydrogen (secondary N) is 2. The van der Waals surface area contributed by atoms with E-state index in [1.807, 2.05) is 0 Å². The number of hydrogen-bond donors (Lipinski definition) is 2. The van der Waals surface area contributed by atoms with Crippen LogP contribution in [0.5, 0.6) is 0 Å². The predicted octanol–water partition coefficient (Wildman–Crippen LogP) is 2.60. The van der Waals surface area contributed by atoms with Gasteiger partial charge in [-0.15, -0.1) is 0 Å². The highest BCUT2D eigenvalue weighted by Crippen LogP contribution is 2.48. The highest BCUT2D eigenvalue weighted by atomic mass is 19.1. The van der Waals surface area contributed by atoms with E-state index in [0.717, 1.165) is 0 Å². The van der Waals surface area contributed by atoms with Gasteiger partial charge in [0.1, 0.15) is 17.3 Å². The van der Waals surface area contributed by atoms with Crippen LogP contribution in [0.25, 0.3) is 0 Å². The largest absolute Gasteiger partial charge is 0.466 e. The van der Waals surface area contributed by atoms with Gasteiger partial charge in [-0.1, -0.05) is 18.2 Å². The van der Waals surface area contributed by atoms with Crippen molar-refractivity contribution in [3.8, 4) is 0 Å². The third-order valence-electron chi connectivity index (χ3n) is 4.02. The Bertz CT molecular complexity index is 769. The molecule has 0 spiro atoms. The molecule has 0 saturated heterocycles. The third-order valence-corrected chi connectivity index (χ3v) is 4.02. The lowest BCUT2D eigenvalue weighted by Crippen LogP contribution is -2.42. The van der Waals surface area contributed by atoms with Gasteiger partial charge in [-0.3, -0.25) is 20.4 Å². The fourth-order valence-electron chi connectivity index (χ4n) is 2.74. The van der Waals surface area contributed by atoms with E-state index in [2.05, 4.69) is 10.9 Å². The van der Waals surface area contributed by atoms with Gasteiger partial charge in [0.2, 0.25) is 5.91 Å². The molecule has 23 heavy (non-hydrogen) atoms. The Hall–Kier alpha value is -2.63. The zero-order valence-electron chi connectivity index (χ0n) is 12.9. The van der Waals surface area contributed by atoms with E-state index in [-0.39, 0.29) is 23.6 Å². The van der Waals surface area contributed by atoms with Gasteiger partial charge in [-0.25, -0.2) is 4.39 Å². The van der Waals surface area contributed by atoms with Crippen LogP contribution in [0.2, 0.25) is 0 Å². The summed E-state index contributed by atoms with van der Waals surface area (Å²) in [5, 5.41) is 0. The SMILES string of the molecule is Cc1cc(C(=O)NNC(=O)C2CC2c2ccccc2F)c(C)o1. The standard InChI is InChI=1S/C17H17FN2O3/c1-9-7-12(10(2)23-9)16(21)19-20-17(22)14-8-13(14)11-5-3-4-6-15(11)18/h3-7,13-14H,8H2,1-2H3,(H,19,21)(H,20,22). The van der Waals surface area contributed by atoms with E-state index >= 15 is 0 Å². The molecule has 1 aliphatic carbocycles. The van der Waals surface area contributed by atoms with Crippen molar-refractivity contribution in [3.05, 3.63) is 58.8 Å². The van der Waals surface area contributed by atoms with Crippen LogP contribution >= 0.6 is 0 Å². The fraction of sp³-hybridized carbons (Fsp3) is 0.294. The highest BCUT2D eigenvalue weighted by molar-refractivity contribution is 5.96. The number of hydrazine groups is 1. The molecule has 1 heterocycles. The lowest BCUT2D eigenvalue weighted by molar-refractivity contribution is -0.123. The molecule has 0 radical (unpaired) electrons. The molecule has 2 atom stereocenters. The van der Waals surface area contributed by atoms with Gasteiger partial charge in [-0.2, -0.15) is 0 Å². The fourth-order valence-corrected chi connectivity index (χ4v) is 2.74. The van der Waals surface area contributed by atoms with Crippen molar-refractivity contribution in [1.82, 2.24) is 10.9 Å². The second-order valence-corrected chi connectivity index (χ2v) is 5.74. The van der Waals surface area contributed by atoms with Crippen LogP contribution in [0.15, 0.2) is 34.7 Å². The van der Waals surface area contributed by atoms with E-state index in [9.17, 15) is 14.0 Å². The molecule has 1 fully saturated rings. The van der Waals surface area contributed by atoms with Gasteiger partial charge >= 0.3 is 0 Å². The molecule has 2 aromatic rings. The lowest BCUT2D eigenvalue weighted by atomic mass is 10.1. The number of carbonyl (C=O) groups excluding carboxylic acids is 2. The zero-order valence-corrected chi connectivity index (χ0v) is 12.9. The minimum Gasteiger partial charge on any atom is -0.466 e. The molecule has 6 heteroatoms. The normalized spacial score (nSPS) is 19.3. The monoisotopic (exact) mass is 316 g/mol. The number of aryl methyl sites for hydroxylation is 2. The van der Waals surface area contributed by atoms with Gasteiger partial charge < -0.3 is 4.42 Å². The predicted molar refractivity (Wildman–Crippen MR) is 81.0 cm³/mol. The molecule has 1 aliphatic rings. The van der Waals surface area contributed by atoms with Crippen LogP contribution in [0.1, 0.15) is 39.8 Å². The molecule has 2 amide bonds. The van der Waals surface area contributed by atoms with Gasteiger partial charge in [0, 0.05) is 5.92 Å². The topological polar surface area (TPSA) is 71.3 Å². The smallest absolute Gasteiger partial charge is 0.273 e. The number of rotatable bonds is 3. The molecular formula is C17H17FN2O3. The summed E-state index contributed by atoms with van der Waals surface area (Å²) in [6.07, 6.45) is 0.576. The molecule has 1 aromatic heterocycles. The van der Waals surface area contributed by atoms with Crippen molar-refractivity contribution in [2.45, 2.75) is 26.2 Å². The average molecular weight is 316 g/mol. The van der Waals surface area contributed by atoms with Crippen molar-refractivity contribution in [2.75, 3.05) is 0 Å². The van der Waals surface area contributed by atoms with E-state index in [1.54, 1.807) is 38.1 Å². The van der Waals surface area contributed by atoms with Crippen LogP contribution in [0, 0.1) is 25.6 Å². The Morgan fingerprint density at radius 1 is 1.22 bits per heavy atom. The Morgan fingerprint density at radius 3 is 2.61 bits per heavy atom. The second-order valence-electron chi connectivity index (χ2n) is 5.74. The Kier molecular flexibility index (Phi) is 3.90. The Balaban J connectivity index is 1.56. The number of halogens is 1. The zero-order chi connectivity index (χ0) is 16.6. The van der Waals surface area contributed by atoms with Crippen molar-refractivity contribution >= 4 is 11.8 Å². The first-order valence-corrected chi connectivity index (χ1v) is 7.39. The molecule has 0 bridgehead atoms. The van der Waals surface area contributed by atoms with Crippen molar-refractivity contribution in [2.24, 2.45) is 5.92 Å². The van der Waals surface area contributed by atoms with Crippen molar-refractivity contribution in [3.63, 3.8) is 0 Å². The number of hydrogen-bond acceptors (Lipinski definition) is 3. The van der Waals surface area contributed by atoms with E-state index in [4.69, 9.17) is 4.42 Å². The minimum atomic E-state index is -0.434. The maximum absolute atomic E-state index is 13.7. The summed E-state index contributed by atoms with van der Waals surface area (Å²) in [4.78, 5) is 24.0. The molecule has 2 unspecified atom stereocenters. The van der Waals surface area contributed by atoms with Crippen molar-refractivity contribution < 1.29 is 18.4 Å². The van der Waals surface area contributed by atoms with Crippen LogP contribution in [0.3, 0.4) is 0 Å². The first kappa shape index (κ1) is 15.3. The molecule has 120 valence electrons. The molecule has 3 rings (SSSR count). The summed E-state index contributed by atoms with van der Waals surface area (Å²) in [7, 11) is 0. The van der Waals surface area contributed by atoms with E-state index in [0.29, 0.717) is 29.1 Å². The molecule has 0 aliphatic heterocycles. The summed E-state index contributed by atoms with van der Waals surface area (Å²) in [5.74, 6) is -0.391. The van der Waals surface area contributed by atoms with Gasteiger partial charge in [0.25, 0.3) is 5.91 Å². The maximum Gasteiger partial charge on any atom is 0.273 e. The Labute approximate surface area is 132 Å². The first-order valence-electron chi connectivity index (χ1n) is 7.39. The average Bonchev–Trinajstić information content (AvgIpc) is 3.23. The quantitative estimate of drug-likeness (QED) is 0.855. The van der Waals surface area contributed by atoms with E-state index < -0.39 is 5.91 Å². The number of furan rings is 1. The van der Waals surface area contributed by atoms with Gasteiger partial charge in [0.05, 0.1) is 5.56 Å². The van der Waals surface area contributed by atoms with Crippen LogP contribution in [0.4, 0.5) is 4.39 Å². The maximum atomic E-state index is 13.7. The lowest BCUT2D eigenvalue weighted by Gasteiger charge is -2.07. The summed E-state index contributed by atoms with van der Waals surface area (Å²) in [6, 6.07) is 8.04. The second kappa shape index (κ2) is 5.87. The van der Waals surface area contributed by atoms with Gasteiger partial charge in [0.15, 0.2) is 0 Å². The van der Waals surface area contributed by atoms with Gasteiger partial charge in [-0.05, 0) is 43.9 Å². The molecule has 5 nitrogen and oxygen atoms in total.